The molecule has 5 heteroatoms. The Bertz CT molecular complexity index is 398. The van der Waals surface area contributed by atoms with Gasteiger partial charge in [-0.05, 0) is 38.3 Å². The number of aliphatic hydroxyl groups excluding tert-OH is 1. The molecule has 2 N–H and O–H groups in total. The highest BCUT2D eigenvalue weighted by Crippen LogP contribution is 2.24. The van der Waals surface area contributed by atoms with Crippen LogP contribution in [0.25, 0.3) is 0 Å². The van der Waals surface area contributed by atoms with Crippen LogP contribution in [-0.4, -0.2) is 30.3 Å². The minimum atomic E-state index is -0.585. The standard InChI is InChI=1S/C14H20ClNO3/c1-11(14(18)16-9-5-2-6-10-17)19-13-8-4-3-7-12(13)15/h3-4,7-8,11,17H,2,5-6,9-10H2,1H3,(H,16,18). The number of carbonyl (C=O) groups excluding carboxylic acids is 1. The highest BCUT2D eigenvalue weighted by Gasteiger charge is 2.15. The fourth-order valence-electron chi connectivity index (χ4n) is 1.55. The number of ether oxygens (including phenoxy) is 1. The number of unbranched alkanes of at least 4 members (excludes halogenated alkanes) is 2. The molecule has 106 valence electrons. The first kappa shape index (κ1) is 15.8. The number of hydrogen-bond donors (Lipinski definition) is 2. The van der Waals surface area contributed by atoms with Crippen LogP contribution in [0.5, 0.6) is 5.75 Å². The fourth-order valence-corrected chi connectivity index (χ4v) is 1.73. The quantitative estimate of drug-likeness (QED) is 0.721. The number of hydrogen-bond acceptors (Lipinski definition) is 3. The molecule has 1 amide bonds. The molecule has 1 rings (SSSR count). The van der Waals surface area contributed by atoms with E-state index in [1.165, 1.54) is 0 Å². The maximum atomic E-state index is 11.8. The molecule has 0 spiro atoms. The third kappa shape index (κ3) is 5.94. The van der Waals surface area contributed by atoms with Crippen molar-refractivity contribution in [1.82, 2.24) is 5.32 Å². The lowest BCUT2D eigenvalue weighted by Crippen LogP contribution is -2.36. The van der Waals surface area contributed by atoms with Crippen molar-refractivity contribution >= 4 is 17.5 Å². The second-order valence-corrected chi connectivity index (χ2v) is 4.67. The van der Waals surface area contributed by atoms with Gasteiger partial charge in [0.1, 0.15) is 5.75 Å². The van der Waals surface area contributed by atoms with E-state index in [9.17, 15) is 4.79 Å². The maximum absolute atomic E-state index is 11.8. The van der Waals surface area contributed by atoms with Gasteiger partial charge in [-0.25, -0.2) is 0 Å². The van der Waals surface area contributed by atoms with Crippen molar-refractivity contribution < 1.29 is 14.6 Å². The van der Waals surface area contributed by atoms with E-state index in [-0.39, 0.29) is 12.5 Å². The van der Waals surface area contributed by atoms with Crippen LogP contribution in [0.2, 0.25) is 5.02 Å². The summed E-state index contributed by atoms with van der Waals surface area (Å²) in [5.74, 6) is 0.344. The van der Waals surface area contributed by atoms with E-state index in [4.69, 9.17) is 21.4 Å². The molecule has 1 aromatic carbocycles. The van der Waals surface area contributed by atoms with Gasteiger partial charge < -0.3 is 15.2 Å². The van der Waals surface area contributed by atoms with Gasteiger partial charge in [0.15, 0.2) is 6.10 Å². The number of rotatable bonds is 8. The van der Waals surface area contributed by atoms with Crippen LogP contribution in [0.1, 0.15) is 26.2 Å². The molecule has 4 nitrogen and oxygen atoms in total. The second kappa shape index (κ2) is 8.77. The zero-order valence-electron chi connectivity index (χ0n) is 11.1. The van der Waals surface area contributed by atoms with Crippen molar-refractivity contribution in [2.45, 2.75) is 32.3 Å². The summed E-state index contributed by atoms with van der Waals surface area (Å²) in [6.07, 6.45) is 1.93. The van der Waals surface area contributed by atoms with Crippen LogP contribution < -0.4 is 10.1 Å². The molecule has 0 fully saturated rings. The second-order valence-electron chi connectivity index (χ2n) is 4.27. The predicted molar refractivity (Wildman–Crippen MR) is 75.5 cm³/mol. The normalized spacial score (nSPS) is 11.9. The molecule has 1 atom stereocenters. The summed E-state index contributed by atoms with van der Waals surface area (Å²) in [6.45, 7) is 2.47. The molecule has 0 heterocycles. The topological polar surface area (TPSA) is 58.6 Å². The van der Waals surface area contributed by atoms with E-state index in [1.807, 2.05) is 0 Å². The number of nitrogens with one attached hydrogen (secondary N) is 1. The monoisotopic (exact) mass is 285 g/mol. The van der Waals surface area contributed by atoms with Gasteiger partial charge in [-0.3, -0.25) is 4.79 Å². The van der Waals surface area contributed by atoms with Gasteiger partial charge in [0.25, 0.3) is 5.91 Å². The lowest BCUT2D eigenvalue weighted by molar-refractivity contribution is -0.127. The van der Waals surface area contributed by atoms with Crippen molar-refractivity contribution in [2.75, 3.05) is 13.2 Å². The summed E-state index contributed by atoms with van der Waals surface area (Å²) in [7, 11) is 0. The summed E-state index contributed by atoms with van der Waals surface area (Å²) >= 11 is 5.95. The highest BCUT2D eigenvalue weighted by atomic mass is 35.5. The molecule has 0 bridgehead atoms. The van der Waals surface area contributed by atoms with E-state index in [1.54, 1.807) is 31.2 Å². The third-order valence-corrected chi connectivity index (χ3v) is 2.96. The number of para-hydroxylation sites is 1. The average Bonchev–Trinajstić information content (AvgIpc) is 2.41. The Labute approximate surface area is 118 Å². The van der Waals surface area contributed by atoms with Gasteiger partial charge in [-0.2, -0.15) is 0 Å². The molecule has 1 aromatic rings. The van der Waals surface area contributed by atoms with Gasteiger partial charge in [0.2, 0.25) is 0 Å². The van der Waals surface area contributed by atoms with Gasteiger partial charge in [0, 0.05) is 13.2 Å². The Morgan fingerprint density at radius 2 is 2.11 bits per heavy atom. The molecular weight excluding hydrogens is 266 g/mol. The number of halogens is 1. The minimum absolute atomic E-state index is 0.163. The third-order valence-electron chi connectivity index (χ3n) is 2.64. The predicted octanol–water partition coefficient (Wildman–Crippen LogP) is 2.39. The lowest BCUT2D eigenvalue weighted by Gasteiger charge is -2.15. The van der Waals surface area contributed by atoms with Crippen LogP contribution in [-0.2, 0) is 4.79 Å². The Hall–Kier alpha value is -1.26. The first-order valence-corrected chi connectivity index (χ1v) is 6.82. The maximum Gasteiger partial charge on any atom is 0.260 e. The molecule has 19 heavy (non-hydrogen) atoms. The van der Waals surface area contributed by atoms with Crippen LogP contribution in [0.3, 0.4) is 0 Å². The fraction of sp³-hybridized carbons (Fsp3) is 0.500. The first-order valence-electron chi connectivity index (χ1n) is 6.45. The Morgan fingerprint density at radius 3 is 2.79 bits per heavy atom. The molecule has 0 aliphatic rings. The Balaban J connectivity index is 2.31. The van der Waals surface area contributed by atoms with Crippen molar-refractivity contribution in [1.29, 1.82) is 0 Å². The largest absolute Gasteiger partial charge is 0.479 e. The van der Waals surface area contributed by atoms with Crippen molar-refractivity contribution in [3.05, 3.63) is 29.3 Å². The van der Waals surface area contributed by atoms with Crippen molar-refractivity contribution in [2.24, 2.45) is 0 Å². The van der Waals surface area contributed by atoms with Crippen LogP contribution in [0, 0.1) is 0 Å². The zero-order valence-corrected chi connectivity index (χ0v) is 11.8. The summed E-state index contributed by atoms with van der Waals surface area (Å²) in [4.78, 5) is 11.8. The molecule has 0 aliphatic heterocycles. The number of amides is 1. The number of benzene rings is 1. The highest BCUT2D eigenvalue weighted by molar-refractivity contribution is 6.32. The number of carbonyl (C=O) groups is 1. The molecular formula is C14H20ClNO3. The molecule has 0 aliphatic carbocycles. The smallest absolute Gasteiger partial charge is 0.260 e. The molecule has 0 radical (unpaired) electrons. The van der Waals surface area contributed by atoms with Gasteiger partial charge in [-0.15, -0.1) is 0 Å². The summed E-state index contributed by atoms with van der Waals surface area (Å²) < 4.78 is 5.50. The van der Waals surface area contributed by atoms with Crippen LogP contribution >= 0.6 is 11.6 Å². The first-order chi connectivity index (χ1) is 9.15. The Morgan fingerprint density at radius 1 is 1.37 bits per heavy atom. The van der Waals surface area contributed by atoms with E-state index in [0.717, 1.165) is 19.3 Å². The molecule has 0 aromatic heterocycles. The van der Waals surface area contributed by atoms with E-state index >= 15 is 0 Å². The van der Waals surface area contributed by atoms with Crippen LogP contribution in [0.15, 0.2) is 24.3 Å². The van der Waals surface area contributed by atoms with Gasteiger partial charge in [-0.1, -0.05) is 23.7 Å². The van der Waals surface area contributed by atoms with Crippen molar-refractivity contribution in [3.63, 3.8) is 0 Å². The van der Waals surface area contributed by atoms with Gasteiger partial charge in [0.05, 0.1) is 5.02 Å². The zero-order chi connectivity index (χ0) is 14.1. The number of aliphatic hydroxyl groups is 1. The molecule has 0 saturated carbocycles. The van der Waals surface area contributed by atoms with E-state index in [2.05, 4.69) is 5.32 Å². The lowest BCUT2D eigenvalue weighted by atomic mass is 10.2. The molecule has 1 unspecified atom stereocenters. The summed E-state index contributed by atoms with van der Waals surface area (Å²) in [6, 6.07) is 7.06. The summed E-state index contributed by atoms with van der Waals surface area (Å²) in [5.41, 5.74) is 0. The SMILES string of the molecule is CC(Oc1ccccc1Cl)C(=O)NCCCCCO. The van der Waals surface area contributed by atoms with Crippen molar-refractivity contribution in [3.8, 4) is 5.75 Å². The van der Waals surface area contributed by atoms with E-state index in [0.29, 0.717) is 17.3 Å². The Kier molecular flexibility index (Phi) is 7.30. The molecule has 0 saturated heterocycles. The minimum Gasteiger partial charge on any atom is -0.479 e. The van der Waals surface area contributed by atoms with E-state index < -0.39 is 6.10 Å². The van der Waals surface area contributed by atoms with Crippen LogP contribution in [0.4, 0.5) is 0 Å². The summed E-state index contributed by atoms with van der Waals surface area (Å²) in [5, 5.41) is 11.9. The van der Waals surface area contributed by atoms with Gasteiger partial charge >= 0.3 is 0 Å². The average molecular weight is 286 g/mol.